The monoisotopic (exact) mass is 504 g/mol. The third-order valence-corrected chi connectivity index (χ3v) is 5.61. The van der Waals surface area contributed by atoms with Crippen LogP contribution in [0.5, 0.6) is 0 Å². The molecule has 0 bridgehead atoms. The molecule has 0 atom stereocenters. The Bertz CT molecular complexity index is 407. The average molecular weight is 505 g/mol. The third-order valence-electron chi connectivity index (χ3n) is 5.61. The molecule has 0 saturated heterocycles. The van der Waals surface area contributed by atoms with Gasteiger partial charge in [-0.3, -0.25) is 4.79 Å². The quantitative estimate of drug-likeness (QED) is 0.0862. The largest absolute Gasteiger partial charge is 0.463 e. The van der Waals surface area contributed by atoms with Gasteiger partial charge in [0.25, 0.3) is 0 Å². The molecule has 0 aliphatic carbocycles. The summed E-state index contributed by atoms with van der Waals surface area (Å²) in [6, 6.07) is 0. The number of carbonyl (C=O) groups is 1. The minimum Gasteiger partial charge on any atom is -0.463 e. The summed E-state index contributed by atoms with van der Waals surface area (Å²) in [5, 5.41) is 0. The minimum atomic E-state index is -0.125. The van der Waals surface area contributed by atoms with Crippen molar-refractivity contribution in [3.63, 3.8) is 0 Å². The van der Waals surface area contributed by atoms with Gasteiger partial charge in [0.2, 0.25) is 0 Å². The van der Waals surface area contributed by atoms with E-state index in [1.807, 2.05) is 0 Å². The van der Waals surface area contributed by atoms with Gasteiger partial charge in [-0.25, -0.2) is 0 Å². The van der Waals surface area contributed by atoms with Crippen molar-refractivity contribution in [3.05, 3.63) is 0 Å². The molecule has 0 spiro atoms. The Morgan fingerprint density at radius 2 is 0.743 bits per heavy atom. The number of hydrogen-bond acceptors (Lipinski definition) is 7. The Hall–Kier alpha value is -0.730. The Kier molecular flexibility index (Phi) is 30.6. The molecule has 0 aromatic rings. The summed E-state index contributed by atoms with van der Waals surface area (Å²) in [7, 11) is 0. The summed E-state index contributed by atoms with van der Waals surface area (Å²) < 4.78 is 32.6. The van der Waals surface area contributed by atoms with Crippen molar-refractivity contribution in [2.75, 3.05) is 72.7 Å². The lowest BCUT2D eigenvalue weighted by atomic mass is 10.1. The molecule has 0 aromatic heterocycles. The molecule has 0 rings (SSSR count). The van der Waals surface area contributed by atoms with Gasteiger partial charge in [0.15, 0.2) is 0 Å². The van der Waals surface area contributed by atoms with Gasteiger partial charge in [-0.1, -0.05) is 84.5 Å². The summed E-state index contributed by atoms with van der Waals surface area (Å²) in [4.78, 5) is 11.7. The van der Waals surface area contributed by atoms with Crippen LogP contribution in [0.25, 0.3) is 0 Å². The number of esters is 1. The van der Waals surface area contributed by atoms with Crippen LogP contribution in [-0.2, 0) is 33.2 Å². The zero-order chi connectivity index (χ0) is 25.5. The van der Waals surface area contributed by atoms with E-state index in [9.17, 15) is 4.79 Å². The summed E-state index contributed by atoms with van der Waals surface area (Å²) in [5.74, 6) is -0.125. The molecule has 0 aliphatic rings. The Labute approximate surface area is 215 Å². The lowest BCUT2D eigenvalue weighted by molar-refractivity contribution is -0.145. The van der Waals surface area contributed by atoms with Crippen molar-refractivity contribution in [2.45, 2.75) is 104 Å². The molecule has 0 heterocycles. The molecule has 0 unspecified atom stereocenters. The van der Waals surface area contributed by atoms with Crippen molar-refractivity contribution in [1.82, 2.24) is 0 Å². The molecule has 0 aliphatic heterocycles. The second-order valence-corrected chi connectivity index (χ2v) is 8.92. The molecule has 210 valence electrons. The first-order valence-corrected chi connectivity index (χ1v) is 14.4. The normalized spacial score (nSPS) is 11.3. The van der Waals surface area contributed by atoms with Gasteiger partial charge >= 0.3 is 5.97 Å². The highest BCUT2D eigenvalue weighted by Crippen LogP contribution is 2.08. The summed E-state index contributed by atoms with van der Waals surface area (Å²) >= 11 is 0. The second kappa shape index (κ2) is 31.3. The van der Waals surface area contributed by atoms with Gasteiger partial charge in [0.1, 0.15) is 6.61 Å². The van der Waals surface area contributed by atoms with Crippen LogP contribution in [0.2, 0.25) is 0 Å². The highest BCUT2D eigenvalue weighted by Gasteiger charge is 2.02. The first-order valence-electron chi connectivity index (χ1n) is 14.4. The Morgan fingerprint density at radius 1 is 0.400 bits per heavy atom. The molecular formula is C28H56O7. The van der Waals surface area contributed by atoms with Gasteiger partial charge in [-0.05, 0) is 12.8 Å². The number of unbranched alkanes of at least 4 members (excludes halogenated alkanes) is 11. The van der Waals surface area contributed by atoms with E-state index in [2.05, 4.69) is 13.8 Å². The molecule has 7 heteroatoms. The summed E-state index contributed by atoms with van der Waals surface area (Å²) in [6.07, 6.45) is 16.6. The Morgan fingerprint density at radius 3 is 1.20 bits per heavy atom. The van der Waals surface area contributed by atoms with Crippen molar-refractivity contribution >= 4 is 5.97 Å². The Balaban J connectivity index is 3.10. The molecule has 0 aromatic carbocycles. The van der Waals surface area contributed by atoms with Crippen LogP contribution < -0.4 is 0 Å². The number of carbonyl (C=O) groups excluding carboxylic acids is 1. The number of hydrogen-bond donors (Lipinski definition) is 0. The van der Waals surface area contributed by atoms with Gasteiger partial charge in [0.05, 0.1) is 59.5 Å². The van der Waals surface area contributed by atoms with Crippen LogP contribution in [0.4, 0.5) is 0 Å². The van der Waals surface area contributed by atoms with E-state index in [0.29, 0.717) is 72.5 Å². The van der Waals surface area contributed by atoms with E-state index < -0.39 is 0 Å². The SMILES string of the molecule is CCCCCCCCCC(=O)OCCOCCOCCOCCOCCOCCCCCCCC. The van der Waals surface area contributed by atoms with Crippen molar-refractivity contribution in [3.8, 4) is 0 Å². The fourth-order valence-electron chi connectivity index (χ4n) is 3.48. The highest BCUT2D eigenvalue weighted by molar-refractivity contribution is 5.69. The molecular weight excluding hydrogens is 448 g/mol. The van der Waals surface area contributed by atoms with Crippen LogP contribution in [0.3, 0.4) is 0 Å². The topological polar surface area (TPSA) is 72.5 Å². The van der Waals surface area contributed by atoms with E-state index in [-0.39, 0.29) is 5.97 Å². The molecule has 0 fully saturated rings. The zero-order valence-electron chi connectivity index (χ0n) is 23.0. The van der Waals surface area contributed by atoms with Crippen molar-refractivity contribution in [1.29, 1.82) is 0 Å². The molecule has 0 radical (unpaired) electrons. The first kappa shape index (κ1) is 34.3. The zero-order valence-corrected chi connectivity index (χ0v) is 23.0. The molecule has 0 saturated carbocycles. The van der Waals surface area contributed by atoms with Crippen LogP contribution >= 0.6 is 0 Å². The molecule has 7 nitrogen and oxygen atoms in total. The minimum absolute atomic E-state index is 0.125. The fraction of sp³-hybridized carbons (Fsp3) is 0.964. The molecule has 35 heavy (non-hydrogen) atoms. The van der Waals surface area contributed by atoms with E-state index in [1.165, 1.54) is 64.2 Å². The number of ether oxygens (including phenoxy) is 6. The summed E-state index contributed by atoms with van der Waals surface area (Å²) in [5.41, 5.74) is 0. The predicted octanol–water partition coefficient (Wildman–Crippen LogP) is 6.11. The highest BCUT2D eigenvalue weighted by atomic mass is 16.6. The average Bonchev–Trinajstić information content (AvgIpc) is 2.86. The predicted molar refractivity (Wildman–Crippen MR) is 141 cm³/mol. The van der Waals surface area contributed by atoms with Crippen LogP contribution in [-0.4, -0.2) is 78.6 Å². The second-order valence-electron chi connectivity index (χ2n) is 8.92. The van der Waals surface area contributed by atoms with Crippen LogP contribution in [0, 0.1) is 0 Å². The molecule has 0 N–H and O–H groups in total. The van der Waals surface area contributed by atoms with Gasteiger partial charge in [-0.2, -0.15) is 0 Å². The van der Waals surface area contributed by atoms with Crippen molar-refractivity contribution in [2.24, 2.45) is 0 Å². The summed E-state index contributed by atoms with van der Waals surface area (Å²) in [6.45, 7) is 10.4. The van der Waals surface area contributed by atoms with E-state index >= 15 is 0 Å². The standard InChI is InChI=1S/C28H56O7/c1-3-5-7-9-11-12-14-16-28(29)35-27-26-34-25-24-33-23-22-32-21-20-31-19-18-30-17-15-13-10-8-6-4-2/h3-27H2,1-2H3. The van der Waals surface area contributed by atoms with E-state index in [4.69, 9.17) is 28.4 Å². The van der Waals surface area contributed by atoms with Gasteiger partial charge < -0.3 is 28.4 Å². The van der Waals surface area contributed by atoms with Crippen LogP contribution in [0.15, 0.2) is 0 Å². The van der Waals surface area contributed by atoms with Crippen molar-refractivity contribution < 1.29 is 33.2 Å². The number of rotatable bonds is 30. The maximum Gasteiger partial charge on any atom is 0.305 e. The lowest BCUT2D eigenvalue weighted by Crippen LogP contribution is -2.15. The lowest BCUT2D eigenvalue weighted by Gasteiger charge is -2.08. The fourth-order valence-corrected chi connectivity index (χ4v) is 3.48. The van der Waals surface area contributed by atoms with E-state index in [1.54, 1.807) is 0 Å². The smallest absolute Gasteiger partial charge is 0.305 e. The first-order chi connectivity index (χ1) is 17.3. The third kappa shape index (κ3) is 31.2. The van der Waals surface area contributed by atoms with E-state index in [0.717, 1.165) is 25.9 Å². The molecule has 0 amide bonds. The van der Waals surface area contributed by atoms with Gasteiger partial charge in [0, 0.05) is 13.0 Å². The maximum absolute atomic E-state index is 11.7. The van der Waals surface area contributed by atoms with Crippen LogP contribution in [0.1, 0.15) is 104 Å². The van der Waals surface area contributed by atoms with Gasteiger partial charge in [-0.15, -0.1) is 0 Å². The maximum atomic E-state index is 11.7.